The van der Waals surface area contributed by atoms with Gasteiger partial charge in [0.2, 0.25) is 0 Å². The third-order valence-electron chi connectivity index (χ3n) is 2.59. The fraction of sp³-hybridized carbons (Fsp3) is 0.400. The number of hydrogen-bond donors (Lipinski definition) is 3. The molecule has 0 bridgehead atoms. The van der Waals surface area contributed by atoms with Crippen LogP contribution in [0, 0.1) is 0 Å². The molecule has 82 valence electrons. The number of rotatable bonds is 3. The van der Waals surface area contributed by atoms with E-state index in [9.17, 15) is 4.79 Å². The molecule has 0 aromatic carbocycles. The van der Waals surface area contributed by atoms with E-state index < -0.39 is 10.7 Å². The van der Waals surface area contributed by atoms with Gasteiger partial charge in [-0.3, -0.25) is 4.79 Å². The second kappa shape index (κ2) is 4.10. The lowest BCUT2D eigenvalue weighted by Crippen LogP contribution is -2.34. The number of carbonyl (C=O) groups is 1. The highest BCUT2D eigenvalue weighted by Crippen LogP contribution is 2.33. The fourth-order valence-corrected chi connectivity index (χ4v) is 1.33. The molecule has 4 nitrogen and oxygen atoms in total. The van der Waals surface area contributed by atoms with Crippen LogP contribution in [-0.4, -0.2) is 20.8 Å². The van der Waals surface area contributed by atoms with Crippen LogP contribution in [-0.2, 0) is 4.79 Å². The van der Waals surface area contributed by atoms with Crippen LogP contribution in [0.1, 0.15) is 25.3 Å². The van der Waals surface area contributed by atoms with Crippen molar-refractivity contribution in [2.45, 2.75) is 24.5 Å². The number of anilines is 1. The van der Waals surface area contributed by atoms with Gasteiger partial charge in [0, 0.05) is 12.1 Å². The van der Waals surface area contributed by atoms with E-state index in [0.717, 1.165) is 5.56 Å². The first-order chi connectivity index (χ1) is 6.85. The van der Waals surface area contributed by atoms with Gasteiger partial charge in [-0.15, -0.1) is 0 Å². The number of aliphatic carboxylic acids is 1. The third-order valence-corrected chi connectivity index (χ3v) is 3.16. The number of hydrogen-bond acceptors (Lipinski definition) is 4. The first kappa shape index (κ1) is 11.8. The molecule has 0 saturated carbocycles. The summed E-state index contributed by atoms with van der Waals surface area (Å²) >= 11 is 4.16. The minimum absolute atomic E-state index is 0.244. The molecule has 2 atom stereocenters. The molecule has 0 aliphatic rings. The van der Waals surface area contributed by atoms with Crippen LogP contribution >= 0.6 is 12.6 Å². The molecule has 15 heavy (non-hydrogen) atoms. The molecule has 0 aliphatic heterocycles. The maximum Gasteiger partial charge on any atom is 0.319 e. The second-order valence-corrected chi connectivity index (χ2v) is 4.62. The average molecular weight is 226 g/mol. The zero-order valence-electron chi connectivity index (χ0n) is 8.64. The molecule has 5 heteroatoms. The highest BCUT2D eigenvalue weighted by molar-refractivity contribution is 7.82. The zero-order chi connectivity index (χ0) is 11.6. The van der Waals surface area contributed by atoms with Crippen molar-refractivity contribution in [3.63, 3.8) is 0 Å². The van der Waals surface area contributed by atoms with Crippen LogP contribution in [0.2, 0.25) is 0 Å². The number of nitrogen functional groups attached to an aromatic ring is 1. The zero-order valence-corrected chi connectivity index (χ0v) is 9.53. The summed E-state index contributed by atoms with van der Waals surface area (Å²) < 4.78 is -1.11. The fourth-order valence-electron chi connectivity index (χ4n) is 1.18. The standard InChI is InChI=1S/C10H14N2O2S/c1-6(10(2,15)9(13)14)7-3-4-8(11)12-5-7/h3-6,15H,1-2H3,(H2,11,12)(H,13,14). The van der Waals surface area contributed by atoms with Crippen molar-refractivity contribution in [3.05, 3.63) is 23.9 Å². The third kappa shape index (κ3) is 2.41. The minimum Gasteiger partial charge on any atom is -0.480 e. The van der Waals surface area contributed by atoms with Gasteiger partial charge in [0.1, 0.15) is 10.6 Å². The van der Waals surface area contributed by atoms with Crippen molar-refractivity contribution in [2.75, 3.05) is 5.73 Å². The Hall–Kier alpha value is -1.23. The van der Waals surface area contributed by atoms with Crippen molar-refractivity contribution in [3.8, 4) is 0 Å². The first-order valence-corrected chi connectivity index (χ1v) is 4.97. The molecular formula is C10H14N2O2S. The smallest absolute Gasteiger partial charge is 0.319 e. The molecule has 0 radical (unpaired) electrons. The van der Waals surface area contributed by atoms with Crippen LogP contribution in [0.25, 0.3) is 0 Å². The van der Waals surface area contributed by atoms with Gasteiger partial charge < -0.3 is 10.8 Å². The average Bonchev–Trinajstić information content (AvgIpc) is 2.17. The summed E-state index contributed by atoms with van der Waals surface area (Å²) in [6.07, 6.45) is 1.58. The summed E-state index contributed by atoms with van der Waals surface area (Å²) in [5.41, 5.74) is 6.26. The lowest BCUT2D eigenvalue weighted by atomic mass is 9.89. The molecule has 1 rings (SSSR count). The molecule has 1 heterocycles. The van der Waals surface area contributed by atoms with Gasteiger partial charge in [-0.25, -0.2) is 4.98 Å². The summed E-state index contributed by atoms with van der Waals surface area (Å²) in [6, 6.07) is 3.42. The van der Waals surface area contributed by atoms with E-state index in [1.54, 1.807) is 32.2 Å². The number of thiol groups is 1. The topological polar surface area (TPSA) is 76.2 Å². The van der Waals surface area contributed by atoms with E-state index in [1.165, 1.54) is 0 Å². The van der Waals surface area contributed by atoms with E-state index in [4.69, 9.17) is 10.8 Å². The highest BCUT2D eigenvalue weighted by atomic mass is 32.1. The van der Waals surface area contributed by atoms with Gasteiger partial charge in [-0.05, 0) is 18.6 Å². The highest BCUT2D eigenvalue weighted by Gasteiger charge is 2.36. The molecular weight excluding hydrogens is 212 g/mol. The predicted molar refractivity (Wildman–Crippen MR) is 62.1 cm³/mol. The normalized spacial score (nSPS) is 16.7. The van der Waals surface area contributed by atoms with Crippen LogP contribution in [0.3, 0.4) is 0 Å². The Balaban J connectivity index is 2.99. The molecule has 0 spiro atoms. The lowest BCUT2D eigenvalue weighted by molar-refractivity contribution is -0.139. The SMILES string of the molecule is CC(c1ccc(N)nc1)C(C)(S)C(=O)O. The van der Waals surface area contributed by atoms with E-state index >= 15 is 0 Å². The monoisotopic (exact) mass is 226 g/mol. The van der Waals surface area contributed by atoms with Crippen LogP contribution in [0.5, 0.6) is 0 Å². The number of carboxylic acid groups (broad SMARTS) is 1. The number of carboxylic acids is 1. The maximum absolute atomic E-state index is 11.0. The molecule has 1 aromatic heterocycles. The molecule has 0 aliphatic carbocycles. The van der Waals surface area contributed by atoms with Crippen molar-refractivity contribution in [1.29, 1.82) is 0 Å². The molecule has 0 amide bonds. The lowest BCUT2D eigenvalue weighted by Gasteiger charge is -2.26. The van der Waals surface area contributed by atoms with Crippen LogP contribution < -0.4 is 5.73 Å². The Morgan fingerprint density at radius 3 is 2.67 bits per heavy atom. The summed E-state index contributed by atoms with van der Waals surface area (Å²) in [4.78, 5) is 14.9. The largest absolute Gasteiger partial charge is 0.480 e. The Morgan fingerprint density at radius 2 is 2.27 bits per heavy atom. The number of pyridine rings is 1. The van der Waals surface area contributed by atoms with Crippen molar-refractivity contribution in [2.24, 2.45) is 0 Å². The minimum atomic E-state index is -1.11. The van der Waals surface area contributed by atoms with E-state index in [1.807, 2.05) is 0 Å². The van der Waals surface area contributed by atoms with E-state index in [0.29, 0.717) is 5.82 Å². The summed E-state index contributed by atoms with van der Waals surface area (Å²) in [5.74, 6) is -0.774. The van der Waals surface area contributed by atoms with E-state index in [2.05, 4.69) is 17.6 Å². The summed E-state index contributed by atoms with van der Waals surface area (Å²) in [5, 5.41) is 9.01. The Kier molecular flexibility index (Phi) is 3.24. The number of nitrogens with two attached hydrogens (primary N) is 1. The van der Waals surface area contributed by atoms with Crippen molar-refractivity contribution < 1.29 is 9.90 Å². The quantitative estimate of drug-likeness (QED) is 0.683. The van der Waals surface area contributed by atoms with Gasteiger partial charge >= 0.3 is 5.97 Å². The Morgan fingerprint density at radius 1 is 1.67 bits per heavy atom. The van der Waals surface area contributed by atoms with Gasteiger partial charge in [0.15, 0.2) is 0 Å². The van der Waals surface area contributed by atoms with Gasteiger partial charge in [-0.2, -0.15) is 12.6 Å². The van der Waals surface area contributed by atoms with Gasteiger partial charge in [0.25, 0.3) is 0 Å². The Labute approximate surface area is 93.9 Å². The van der Waals surface area contributed by atoms with Crippen LogP contribution in [0.4, 0.5) is 5.82 Å². The van der Waals surface area contributed by atoms with Gasteiger partial charge in [0.05, 0.1) is 0 Å². The van der Waals surface area contributed by atoms with Crippen molar-refractivity contribution in [1.82, 2.24) is 4.98 Å². The number of nitrogens with zero attached hydrogens (tertiary/aromatic N) is 1. The van der Waals surface area contributed by atoms with Crippen molar-refractivity contribution >= 4 is 24.4 Å². The molecule has 3 N–H and O–H groups in total. The second-order valence-electron chi connectivity index (χ2n) is 3.69. The molecule has 2 unspecified atom stereocenters. The Bertz CT molecular complexity index is 362. The number of aromatic nitrogens is 1. The summed E-state index contributed by atoms with van der Waals surface area (Å²) in [6.45, 7) is 3.37. The molecule has 1 aromatic rings. The molecule has 0 saturated heterocycles. The van der Waals surface area contributed by atoms with Crippen LogP contribution in [0.15, 0.2) is 18.3 Å². The predicted octanol–water partition coefficient (Wildman–Crippen LogP) is 1.54. The van der Waals surface area contributed by atoms with E-state index in [-0.39, 0.29) is 5.92 Å². The molecule has 0 fully saturated rings. The first-order valence-electron chi connectivity index (χ1n) is 4.53. The maximum atomic E-state index is 11.0. The summed E-state index contributed by atoms with van der Waals surface area (Å²) in [7, 11) is 0. The van der Waals surface area contributed by atoms with Gasteiger partial charge in [-0.1, -0.05) is 13.0 Å².